The predicted molar refractivity (Wildman–Crippen MR) is 122 cm³/mol. The van der Waals surface area contributed by atoms with Crippen LogP contribution in [0.15, 0.2) is 71.2 Å². The molecule has 0 spiro atoms. The van der Waals surface area contributed by atoms with Crippen molar-refractivity contribution >= 4 is 17.7 Å². The molecule has 6 nitrogen and oxygen atoms in total. The number of amides is 1. The summed E-state index contributed by atoms with van der Waals surface area (Å²) in [7, 11) is 0. The van der Waals surface area contributed by atoms with E-state index in [9.17, 15) is 4.79 Å². The first-order chi connectivity index (χ1) is 15.0. The van der Waals surface area contributed by atoms with Gasteiger partial charge in [0.2, 0.25) is 11.8 Å². The van der Waals surface area contributed by atoms with E-state index in [1.54, 1.807) is 6.08 Å². The Morgan fingerprint density at radius 3 is 2.48 bits per heavy atom. The Balaban J connectivity index is 1.43. The third-order valence-corrected chi connectivity index (χ3v) is 4.92. The lowest BCUT2D eigenvalue weighted by Gasteiger charge is -2.03. The van der Waals surface area contributed by atoms with Crippen LogP contribution in [0.25, 0.3) is 17.5 Å². The minimum absolute atomic E-state index is 0.184. The second kappa shape index (κ2) is 8.83. The van der Waals surface area contributed by atoms with Crippen LogP contribution in [0.5, 0.6) is 0 Å². The van der Waals surface area contributed by atoms with Crippen LogP contribution in [0.1, 0.15) is 28.4 Å². The van der Waals surface area contributed by atoms with E-state index in [0.717, 1.165) is 34.0 Å². The fourth-order valence-electron chi connectivity index (χ4n) is 3.29. The topological polar surface area (TPSA) is 73.0 Å². The van der Waals surface area contributed by atoms with E-state index in [1.165, 1.54) is 6.08 Å². The zero-order chi connectivity index (χ0) is 21.8. The number of benzene rings is 2. The van der Waals surface area contributed by atoms with Crippen molar-refractivity contribution in [3.63, 3.8) is 0 Å². The first-order valence-corrected chi connectivity index (χ1v) is 10.1. The summed E-state index contributed by atoms with van der Waals surface area (Å²) in [5, 5.41) is 7.35. The van der Waals surface area contributed by atoms with Crippen LogP contribution < -0.4 is 5.32 Å². The second-order valence-corrected chi connectivity index (χ2v) is 7.42. The minimum Gasteiger partial charge on any atom is -0.441 e. The van der Waals surface area contributed by atoms with Crippen LogP contribution in [-0.4, -0.2) is 20.7 Å². The van der Waals surface area contributed by atoms with Gasteiger partial charge in [-0.1, -0.05) is 30.3 Å². The number of carbonyl (C=O) groups is 1. The highest BCUT2D eigenvalue weighted by Crippen LogP contribution is 2.24. The number of nitrogens with zero attached hydrogens (tertiary/aromatic N) is 3. The summed E-state index contributed by atoms with van der Waals surface area (Å²) < 4.78 is 7.80. The lowest BCUT2D eigenvalue weighted by atomic mass is 10.2. The second-order valence-electron chi connectivity index (χ2n) is 7.42. The maximum absolute atomic E-state index is 12.2. The molecule has 0 unspecified atom stereocenters. The molecule has 0 aliphatic carbocycles. The summed E-state index contributed by atoms with van der Waals surface area (Å²) in [6, 6.07) is 19.2. The van der Waals surface area contributed by atoms with E-state index < -0.39 is 0 Å². The number of rotatable bonds is 6. The molecule has 2 heterocycles. The molecule has 0 fully saturated rings. The van der Waals surface area contributed by atoms with Gasteiger partial charge in [-0.2, -0.15) is 5.10 Å². The molecule has 4 rings (SSSR count). The van der Waals surface area contributed by atoms with E-state index in [0.29, 0.717) is 18.1 Å². The molecule has 0 saturated heterocycles. The van der Waals surface area contributed by atoms with Gasteiger partial charge in [0, 0.05) is 23.0 Å². The number of hydrogen-bond donors (Lipinski definition) is 1. The zero-order valence-corrected chi connectivity index (χ0v) is 17.8. The number of carbonyl (C=O) groups excluding carboxylic acids is 1. The fraction of sp³-hybridized carbons (Fsp3) is 0.160. The molecular formula is C25H24N4O2. The predicted octanol–water partition coefficient (Wildman–Crippen LogP) is 5.16. The van der Waals surface area contributed by atoms with E-state index in [1.807, 2.05) is 86.1 Å². The first-order valence-electron chi connectivity index (χ1n) is 10.1. The van der Waals surface area contributed by atoms with Crippen LogP contribution in [0.3, 0.4) is 0 Å². The number of aromatic nitrogens is 3. The van der Waals surface area contributed by atoms with Gasteiger partial charge in [-0.05, 0) is 62.7 Å². The Morgan fingerprint density at radius 2 is 1.81 bits per heavy atom. The summed E-state index contributed by atoms with van der Waals surface area (Å²) in [4.78, 5) is 16.8. The van der Waals surface area contributed by atoms with E-state index in [2.05, 4.69) is 15.4 Å². The number of anilines is 1. The molecule has 0 aliphatic heterocycles. The van der Waals surface area contributed by atoms with Gasteiger partial charge in [-0.25, -0.2) is 4.98 Å². The van der Waals surface area contributed by atoms with Crippen molar-refractivity contribution in [2.24, 2.45) is 0 Å². The molecule has 2 aromatic carbocycles. The molecule has 6 heteroatoms. The van der Waals surface area contributed by atoms with Crippen molar-refractivity contribution in [3.8, 4) is 11.5 Å². The number of hydrogen-bond acceptors (Lipinski definition) is 4. The summed E-state index contributed by atoms with van der Waals surface area (Å²) in [5.41, 5.74) is 5.45. The Kier molecular flexibility index (Phi) is 5.80. The third kappa shape index (κ3) is 4.98. The van der Waals surface area contributed by atoms with Crippen molar-refractivity contribution in [1.82, 2.24) is 14.8 Å². The largest absolute Gasteiger partial charge is 0.441 e. The normalized spacial score (nSPS) is 11.2. The summed E-state index contributed by atoms with van der Waals surface area (Å²) >= 11 is 0. The maximum Gasteiger partial charge on any atom is 0.248 e. The Hall–Kier alpha value is -3.93. The highest BCUT2D eigenvalue weighted by atomic mass is 16.4. The maximum atomic E-state index is 12.2. The average Bonchev–Trinajstić information content (AvgIpc) is 3.29. The lowest BCUT2D eigenvalue weighted by Crippen LogP contribution is -2.07. The summed E-state index contributed by atoms with van der Waals surface area (Å²) in [6.07, 6.45) is 3.30. The highest BCUT2D eigenvalue weighted by Gasteiger charge is 2.13. The molecule has 0 radical (unpaired) electrons. The third-order valence-electron chi connectivity index (χ3n) is 4.92. The molecular weight excluding hydrogens is 388 g/mol. The molecule has 0 atom stereocenters. The fourth-order valence-corrected chi connectivity index (χ4v) is 3.29. The van der Waals surface area contributed by atoms with E-state index in [-0.39, 0.29) is 5.91 Å². The standard InChI is InChI=1S/C25H24N4O2/c1-17-15-18(2)29(28-17)16-23-19(3)31-25(27-23)21-10-12-22(13-11-21)26-24(30)14-9-20-7-5-4-6-8-20/h4-15H,16H2,1-3H3,(H,26,30)/b14-9+. The van der Waals surface area contributed by atoms with Crippen molar-refractivity contribution in [2.45, 2.75) is 27.3 Å². The number of aryl methyl sites for hydroxylation is 3. The van der Waals surface area contributed by atoms with Gasteiger partial charge in [0.15, 0.2) is 0 Å². The number of nitrogens with one attached hydrogen (secondary N) is 1. The average molecular weight is 412 g/mol. The molecule has 0 aliphatic rings. The molecule has 2 aromatic heterocycles. The van der Waals surface area contributed by atoms with Gasteiger partial charge in [-0.3, -0.25) is 9.48 Å². The zero-order valence-electron chi connectivity index (χ0n) is 17.8. The van der Waals surface area contributed by atoms with E-state index in [4.69, 9.17) is 4.42 Å². The Labute approximate surface area is 181 Å². The SMILES string of the molecule is Cc1cc(C)n(Cc2nc(-c3ccc(NC(=O)/C=C/c4ccccc4)cc3)oc2C)n1. The molecule has 31 heavy (non-hydrogen) atoms. The van der Waals surface area contributed by atoms with Crippen molar-refractivity contribution in [2.75, 3.05) is 5.32 Å². The van der Waals surface area contributed by atoms with Crippen LogP contribution in [-0.2, 0) is 11.3 Å². The van der Waals surface area contributed by atoms with Crippen LogP contribution in [0.2, 0.25) is 0 Å². The Morgan fingerprint density at radius 1 is 1.06 bits per heavy atom. The molecule has 1 N–H and O–H groups in total. The van der Waals surface area contributed by atoms with Crippen LogP contribution >= 0.6 is 0 Å². The van der Waals surface area contributed by atoms with Crippen molar-refractivity contribution in [3.05, 3.63) is 95.1 Å². The van der Waals surface area contributed by atoms with Gasteiger partial charge in [0.1, 0.15) is 11.5 Å². The van der Waals surface area contributed by atoms with Gasteiger partial charge >= 0.3 is 0 Å². The summed E-state index contributed by atoms with van der Waals surface area (Å²) in [5.74, 6) is 1.14. The van der Waals surface area contributed by atoms with Gasteiger partial charge in [0.05, 0.1) is 12.2 Å². The molecule has 1 amide bonds. The summed E-state index contributed by atoms with van der Waals surface area (Å²) in [6.45, 7) is 6.48. The highest BCUT2D eigenvalue weighted by molar-refractivity contribution is 6.02. The van der Waals surface area contributed by atoms with Crippen molar-refractivity contribution < 1.29 is 9.21 Å². The Bertz CT molecular complexity index is 1220. The minimum atomic E-state index is -0.184. The van der Waals surface area contributed by atoms with Gasteiger partial charge < -0.3 is 9.73 Å². The molecule has 0 saturated carbocycles. The van der Waals surface area contributed by atoms with Gasteiger partial charge in [0.25, 0.3) is 0 Å². The monoisotopic (exact) mass is 412 g/mol. The quantitative estimate of drug-likeness (QED) is 0.444. The lowest BCUT2D eigenvalue weighted by molar-refractivity contribution is -0.111. The molecule has 0 bridgehead atoms. The first kappa shape index (κ1) is 20.3. The molecule has 4 aromatic rings. The smallest absolute Gasteiger partial charge is 0.248 e. The van der Waals surface area contributed by atoms with Crippen LogP contribution in [0, 0.1) is 20.8 Å². The van der Waals surface area contributed by atoms with Crippen molar-refractivity contribution in [1.29, 1.82) is 0 Å². The number of oxazole rings is 1. The van der Waals surface area contributed by atoms with Gasteiger partial charge in [-0.15, -0.1) is 0 Å². The van der Waals surface area contributed by atoms with Crippen LogP contribution in [0.4, 0.5) is 5.69 Å². The van der Waals surface area contributed by atoms with E-state index >= 15 is 0 Å². The molecule has 156 valence electrons.